The second kappa shape index (κ2) is 7.29. The molecule has 5 nitrogen and oxygen atoms in total. The number of hydrogen-bond acceptors (Lipinski definition) is 4. The molecule has 3 rings (SSSR count). The Bertz CT molecular complexity index is 922. The summed E-state index contributed by atoms with van der Waals surface area (Å²) in [6.45, 7) is 8.46. The van der Waals surface area contributed by atoms with E-state index in [2.05, 4.69) is 4.72 Å². The number of fused-ring (bicyclic) bond motifs is 1. The number of benzene rings is 2. The third-order valence-corrected chi connectivity index (χ3v) is 6.02. The number of ether oxygens (including phenoxy) is 2. The lowest BCUT2D eigenvalue weighted by atomic mass is 10.1. The van der Waals surface area contributed by atoms with Crippen LogP contribution in [0.1, 0.15) is 36.1 Å². The van der Waals surface area contributed by atoms with Crippen LogP contribution in [0, 0.1) is 13.8 Å². The number of rotatable bonds is 6. The summed E-state index contributed by atoms with van der Waals surface area (Å²) in [5, 5.41) is 0. The fourth-order valence-electron chi connectivity index (χ4n) is 3.05. The summed E-state index contributed by atoms with van der Waals surface area (Å²) in [6, 6.07) is 8.98. The SMILES string of the molecule is CCOc1cc2c(cc1CNS(=O)(=O)c1ccc(C)c(C)c1)O[C@H](C)C2. The molecule has 0 fully saturated rings. The molecule has 1 N–H and O–H groups in total. The number of sulfonamides is 1. The molecule has 6 heteroatoms. The van der Waals surface area contributed by atoms with Crippen LogP contribution >= 0.6 is 0 Å². The second-order valence-corrected chi connectivity index (χ2v) is 8.47. The lowest BCUT2D eigenvalue weighted by Crippen LogP contribution is -2.23. The largest absolute Gasteiger partial charge is 0.494 e. The van der Waals surface area contributed by atoms with Gasteiger partial charge in [-0.25, -0.2) is 13.1 Å². The minimum atomic E-state index is -3.60. The first-order chi connectivity index (χ1) is 12.3. The van der Waals surface area contributed by atoms with Gasteiger partial charge in [-0.2, -0.15) is 0 Å². The van der Waals surface area contributed by atoms with Crippen molar-refractivity contribution in [2.24, 2.45) is 0 Å². The van der Waals surface area contributed by atoms with Crippen LogP contribution < -0.4 is 14.2 Å². The predicted octanol–water partition coefficient (Wildman–Crippen LogP) is 3.50. The standard InChI is InChI=1S/C20H25NO4S/c1-5-24-19-10-16-9-15(4)25-20(16)11-17(19)12-21-26(22,23)18-7-6-13(2)14(3)8-18/h6-8,10-11,15,21H,5,9,12H2,1-4H3/t15-/m1/s1. The van der Waals surface area contributed by atoms with Gasteiger partial charge in [0.15, 0.2) is 0 Å². The topological polar surface area (TPSA) is 64.6 Å². The molecular weight excluding hydrogens is 350 g/mol. The summed E-state index contributed by atoms with van der Waals surface area (Å²) >= 11 is 0. The maximum absolute atomic E-state index is 12.6. The highest BCUT2D eigenvalue weighted by Gasteiger charge is 2.23. The molecule has 0 amide bonds. The zero-order valence-corrected chi connectivity index (χ0v) is 16.4. The van der Waals surface area contributed by atoms with Crippen molar-refractivity contribution in [1.82, 2.24) is 4.72 Å². The first kappa shape index (κ1) is 18.7. The third kappa shape index (κ3) is 3.86. The van der Waals surface area contributed by atoms with Crippen LogP contribution in [0.2, 0.25) is 0 Å². The Hall–Kier alpha value is -2.05. The van der Waals surface area contributed by atoms with Gasteiger partial charge in [-0.15, -0.1) is 0 Å². The van der Waals surface area contributed by atoms with E-state index < -0.39 is 10.0 Å². The average molecular weight is 375 g/mol. The van der Waals surface area contributed by atoms with Crippen molar-refractivity contribution in [2.75, 3.05) is 6.61 Å². The van der Waals surface area contributed by atoms with Gasteiger partial charge in [-0.1, -0.05) is 6.07 Å². The molecule has 0 aromatic heterocycles. The Morgan fingerprint density at radius 2 is 1.96 bits per heavy atom. The molecule has 140 valence electrons. The summed E-state index contributed by atoms with van der Waals surface area (Å²) in [5.74, 6) is 1.51. The molecular formula is C20H25NO4S. The van der Waals surface area contributed by atoms with Crippen molar-refractivity contribution >= 4 is 10.0 Å². The van der Waals surface area contributed by atoms with Crippen molar-refractivity contribution in [3.8, 4) is 11.5 Å². The Morgan fingerprint density at radius 3 is 2.65 bits per heavy atom. The summed E-state index contributed by atoms with van der Waals surface area (Å²) in [4.78, 5) is 0.268. The highest BCUT2D eigenvalue weighted by atomic mass is 32.2. The number of aryl methyl sites for hydroxylation is 2. The van der Waals surface area contributed by atoms with E-state index in [1.165, 1.54) is 0 Å². The molecule has 1 aliphatic rings. The lowest BCUT2D eigenvalue weighted by Gasteiger charge is -2.14. The van der Waals surface area contributed by atoms with Gasteiger partial charge in [0.25, 0.3) is 0 Å². The molecule has 0 spiro atoms. The van der Waals surface area contributed by atoms with Crippen LogP contribution in [0.15, 0.2) is 35.2 Å². The number of hydrogen-bond donors (Lipinski definition) is 1. The van der Waals surface area contributed by atoms with E-state index in [-0.39, 0.29) is 17.5 Å². The van der Waals surface area contributed by atoms with Gasteiger partial charge >= 0.3 is 0 Å². The Labute approximate surface area is 155 Å². The van der Waals surface area contributed by atoms with Gasteiger partial charge in [0.05, 0.1) is 11.5 Å². The average Bonchev–Trinajstić information content (AvgIpc) is 2.94. The molecule has 2 aromatic rings. The lowest BCUT2D eigenvalue weighted by molar-refractivity contribution is 0.254. The molecule has 2 aromatic carbocycles. The molecule has 0 saturated heterocycles. The number of nitrogens with one attached hydrogen (secondary N) is 1. The molecule has 0 aliphatic carbocycles. The highest BCUT2D eigenvalue weighted by Crippen LogP contribution is 2.35. The van der Waals surface area contributed by atoms with E-state index in [0.717, 1.165) is 34.4 Å². The van der Waals surface area contributed by atoms with Gasteiger partial charge in [-0.3, -0.25) is 0 Å². The zero-order valence-electron chi connectivity index (χ0n) is 15.6. The fraction of sp³-hybridized carbons (Fsp3) is 0.400. The van der Waals surface area contributed by atoms with Crippen molar-refractivity contribution in [3.63, 3.8) is 0 Å². The summed E-state index contributed by atoms with van der Waals surface area (Å²) < 4.78 is 39.5. The van der Waals surface area contributed by atoms with E-state index in [4.69, 9.17) is 9.47 Å². The van der Waals surface area contributed by atoms with Crippen molar-refractivity contribution in [3.05, 3.63) is 52.6 Å². The van der Waals surface area contributed by atoms with Gasteiger partial charge in [0.1, 0.15) is 17.6 Å². The first-order valence-corrected chi connectivity index (χ1v) is 10.3. The summed E-state index contributed by atoms with van der Waals surface area (Å²) in [7, 11) is -3.60. The quantitative estimate of drug-likeness (QED) is 0.839. The Kier molecular flexibility index (Phi) is 5.25. The van der Waals surface area contributed by atoms with Crippen LogP contribution in [-0.2, 0) is 23.0 Å². The summed E-state index contributed by atoms with van der Waals surface area (Å²) in [5.41, 5.74) is 3.88. The maximum atomic E-state index is 12.6. The van der Waals surface area contributed by atoms with Crippen LogP contribution in [0.4, 0.5) is 0 Å². The van der Waals surface area contributed by atoms with E-state index in [1.54, 1.807) is 12.1 Å². The minimum Gasteiger partial charge on any atom is -0.494 e. The molecule has 1 heterocycles. The molecule has 0 radical (unpaired) electrons. The summed E-state index contributed by atoms with van der Waals surface area (Å²) in [6.07, 6.45) is 0.964. The van der Waals surface area contributed by atoms with Crippen LogP contribution in [0.5, 0.6) is 11.5 Å². The van der Waals surface area contributed by atoms with E-state index in [0.29, 0.717) is 12.4 Å². The van der Waals surface area contributed by atoms with Gasteiger partial charge in [0, 0.05) is 24.1 Å². The maximum Gasteiger partial charge on any atom is 0.240 e. The molecule has 1 atom stereocenters. The van der Waals surface area contributed by atoms with Gasteiger partial charge in [0.2, 0.25) is 10.0 Å². The zero-order chi connectivity index (χ0) is 18.9. The molecule has 26 heavy (non-hydrogen) atoms. The Morgan fingerprint density at radius 1 is 1.19 bits per heavy atom. The van der Waals surface area contributed by atoms with Crippen LogP contribution in [0.3, 0.4) is 0 Å². The third-order valence-electron chi connectivity index (χ3n) is 4.62. The van der Waals surface area contributed by atoms with Crippen molar-refractivity contribution in [1.29, 1.82) is 0 Å². The normalized spacial score (nSPS) is 16.2. The monoisotopic (exact) mass is 375 g/mol. The van der Waals surface area contributed by atoms with E-state index in [9.17, 15) is 8.42 Å². The van der Waals surface area contributed by atoms with E-state index >= 15 is 0 Å². The van der Waals surface area contributed by atoms with Crippen molar-refractivity contribution < 1.29 is 17.9 Å². The first-order valence-electron chi connectivity index (χ1n) is 8.82. The fourth-order valence-corrected chi connectivity index (χ4v) is 4.14. The molecule has 1 aliphatic heterocycles. The van der Waals surface area contributed by atoms with Crippen LogP contribution in [0.25, 0.3) is 0 Å². The van der Waals surface area contributed by atoms with Crippen LogP contribution in [-0.4, -0.2) is 21.1 Å². The molecule has 0 bridgehead atoms. The van der Waals surface area contributed by atoms with E-state index in [1.807, 2.05) is 45.9 Å². The van der Waals surface area contributed by atoms with Gasteiger partial charge < -0.3 is 9.47 Å². The van der Waals surface area contributed by atoms with Crippen molar-refractivity contribution in [2.45, 2.75) is 51.7 Å². The highest BCUT2D eigenvalue weighted by molar-refractivity contribution is 7.89. The minimum absolute atomic E-state index is 0.127. The predicted molar refractivity (Wildman–Crippen MR) is 101 cm³/mol. The molecule has 0 saturated carbocycles. The smallest absolute Gasteiger partial charge is 0.240 e. The molecule has 0 unspecified atom stereocenters. The second-order valence-electron chi connectivity index (χ2n) is 6.70. The van der Waals surface area contributed by atoms with Gasteiger partial charge in [-0.05, 0) is 63.1 Å². The Balaban J connectivity index is 1.84.